The zero-order chi connectivity index (χ0) is 14.2. The highest BCUT2D eigenvalue weighted by molar-refractivity contribution is 5.81. The average Bonchev–Trinajstić information content (AvgIpc) is 2.81. The molecule has 0 radical (unpaired) electrons. The molecule has 0 atom stereocenters. The summed E-state index contributed by atoms with van der Waals surface area (Å²) >= 11 is 0. The molecular formula is C18H14N2. The number of fused-ring (bicyclic) bond motifs is 3. The Morgan fingerprint density at radius 3 is 1.75 bits per heavy atom. The molecule has 2 aromatic rings. The second kappa shape index (κ2) is 4.51. The van der Waals surface area contributed by atoms with Gasteiger partial charge in [0.15, 0.2) is 0 Å². The molecule has 2 nitrogen and oxygen atoms in total. The zero-order valence-corrected chi connectivity index (χ0v) is 11.3. The number of benzene rings is 2. The summed E-state index contributed by atoms with van der Waals surface area (Å²) in [5, 5.41) is 18.9. The van der Waals surface area contributed by atoms with Crippen LogP contribution in [0.15, 0.2) is 48.5 Å². The number of nitriles is 2. The van der Waals surface area contributed by atoms with Gasteiger partial charge in [-0.2, -0.15) is 10.5 Å². The fourth-order valence-corrected chi connectivity index (χ4v) is 3.50. The Hall–Kier alpha value is -2.58. The molecule has 96 valence electrons. The van der Waals surface area contributed by atoms with Gasteiger partial charge in [-0.25, -0.2) is 0 Å². The smallest absolute Gasteiger partial charge is 0.147 e. The molecule has 0 unspecified atom stereocenters. The van der Waals surface area contributed by atoms with Crippen molar-refractivity contribution in [2.75, 3.05) is 0 Å². The molecule has 0 spiro atoms. The van der Waals surface area contributed by atoms with Crippen molar-refractivity contribution < 1.29 is 0 Å². The summed E-state index contributed by atoms with van der Waals surface area (Å²) in [4.78, 5) is 0. The van der Waals surface area contributed by atoms with Crippen LogP contribution in [0.2, 0.25) is 0 Å². The molecule has 20 heavy (non-hydrogen) atoms. The monoisotopic (exact) mass is 258 g/mol. The number of nitrogens with zero attached hydrogens (tertiary/aromatic N) is 2. The van der Waals surface area contributed by atoms with Gasteiger partial charge in [-0.05, 0) is 28.7 Å². The van der Waals surface area contributed by atoms with Gasteiger partial charge in [0, 0.05) is 0 Å². The molecule has 2 aromatic carbocycles. The molecule has 0 bridgehead atoms. The Balaban J connectivity index is 2.42. The van der Waals surface area contributed by atoms with E-state index in [2.05, 4.69) is 43.3 Å². The van der Waals surface area contributed by atoms with E-state index < -0.39 is 11.3 Å². The van der Waals surface area contributed by atoms with E-state index in [0.29, 0.717) is 0 Å². The minimum Gasteiger partial charge on any atom is -0.197 e. The topological polar surface area (TPSA) is 47.6 Å². The molecule has 1 aliphatic carbocycles. The molecule has 0 aromatic heterocycles. The first kappa shape index (κ1) is 12.5. The Kier molecular flexibility index (Phi) is 2.81. The van der Waals surface area contributed by atoms with E-state index in [1.807, 2.05) is 24.3 Å². The highest BCUT2D eigenvalue weighted by Gasteiger charge is 2.47. The van der Waals surface area contributed by atoms with Gasteiger partial charge >= 0.3 is 0 Å². The molecule has 0 aliphatic heterocycles. The predicted molar refractivity (Wildman–Crippen MR) is 77.7 cm³/mol. The summed E-state index contributed by atoms with van der Waals surface area (Å²) in [5.74, 6) is -0.669. The molecule has 0 saturated heterocycles. The van der Waals surface area contributed by atoms with Crippen molar-refractivity contribution in [2.24, 2.45) is 5.92 Å². The van der Waals surface area contributed by atoms with Crippen LogP contribution in [-0.4, -0.2) is 0 Å². The lowest BCUT2D eigenvalue weighted by Gasteiger charge is -2.31. The SMILES string of the molecule is CCC1(C(C#N)C#N)c2ccccc2-c2ccccc21. The third kappa shape index (κ3) is 1.37. The van der Waals surface area contributed by atoms with E-state index in [4.69, 9.17) is 0 Å². The van der Waals surface area contributed by atoms with Crippen LogP contribution in [0.5, 0.6) is 0 Å². The molecule has 1 aliphatic rings. The summed E-state index contributed by atoms with van der Waals surface area (Å²) in [6, 6.07) is 20.7. The van der Waals surface area contributed by atoms with Gasteiger partial charge in [-0.1, -0.05) is 55.5 Å². The van der Waals surface area contributed by atoms with Crippen LogP contribution in [0, 0.1) is 28.6 Å². The van der Waals surface area contributed by atoms with Crippen LogP contribution in [0.4, 0.5) is 0 Å². The predicted octanol–water partition coefficient (Wildman–Crippen LogP) is 4.03. The van der Waals surface area contributed by atoms with Crippen LogP contribution in [0.1, 0.15) is 24.5 Å². The normalized spacial score (nSPS) is 14.2. The first-order valence-corrected chi connectivity index (χ1v) is 6.78. The van der Waals surface area contributed by atoms with Gasteiger partial charge < -0.3 is 0 Å². The van der Waals surface area contributed by atoms with Crippen LogP contribution >= 0.6 is 0 Å². The number of hydrogen-bond acceptors (Lipinski definition) is 2. The van der Waals surface area contributed by atoms with Crippen molar-refractivity contribution in [3.63, 3.8) is 0 Å². The van der Waals surface area contributed by atoms with Crippen molar-refractivity contribution >= 4 is 0 Å². The summed E-state index contributed by atoms with van der Waals surface area (Å²) in [5.41, 5.74) is 4.02. The molecule has 0 amide bonds. The number of rotatable bonds is 2. The summed E-state index contributed by atoms with van der Waals surface area (Å²) in [6.07, 6.45) is 0.743. The summed E-state index contributed by atoms with van der Waals surface area (Å²) < 4.78 is 0. The van der Waals surface area contributed by atoms with Gasteiger partial charge in [-0.3, -0.25) is 0 Å². The minimum absolute atomic E-state index is 0.503. The van der Waals surface area contributed by atoms with Gasteiger partial charge in [0.1, 0.15) is 5.92 Å². The van der Waals surface area contributed by atoms with Crippen molar-refractivity contribution in [2.45, 2.75) is 18.8 Å². The van der Waals surface area contributed by atoms with Gasteiger partial charge in [0.25, 0.3) is 0 Å². The molecule has 0 N–H and O–H groups in total. The summed E-state index contributed by atoms with van der Waals surface area (Å²) in [6.45, 7) is 2.06. The van der Waals surface area contributed by atoms with E-state index in [1.165, 1.54) is 0 Å². The second-order valence-electron chi connectivity index (χ2n) is 5.11. The Labute approximate surface area is 118 Å². The lowest BCUT2D eigenvalue weighted by molar-refractivity contribution is 0.448. The molecular weight excluding hydrogens is 244 g/mol. The van der Waals surface area contributed by atoms with Crippen LogP contribution in [0.3, 0.4) is 0 Å². The minimum atomic E-state index is -0.669. The maximum Gasteiger partial charge on any atom is 0.147 e. The van der Waals surface area contributed by atoms with E-state index in [0.717, 1.165) is 28.7 Å². The van der Waals surface area contributed by atoms with Gasteiger partial charge in [-0.15, -0.1) is 0 Å². The second-order valence-corrected chi connectivity index (χ2v) is 5.11. The molecule has 3 rings (SSSR count). The Morgan fingerprint density at radius 1 is 0.900 bits per heavy atom. The molecule has 0 heterocycles. The number of hydrogen-bond donors (Lipinski definition) is 0. The zero-order valence-electron chi connectivity index (χ0n) is 11.3. The van der Waals surface area contributed by atoms with E-state index >= 15 is 0 Å². The fourth-order valence-electron chi connectivity index (χ4n) is 3.50. The summed E-state index contributed by atoms with van der Waals surface area (Å²) in [7, 11) is 0. The molecule has 0 saturated carbocycles. The highest BCUT2D eigenvalue weighted by atomic mass is 14.5. The van der Waals surface area contributed by atoms with Crippen molar-refractivity contribution in [3.05, 3.63) is 59.7 Å². The largest absolute Gasteiger partial charge is 0.197 e. The third-order valence-corrected chi connectivity index (χ3v) is 4.41. The van der Waals surface area contributed by atoms with Crippen LogP contribution < -0.4 is 0 Å². The van der Waals surface area contributed by atoms with Gasteiger partial charge in [0.2, 0.25) is 0 Å². The van der Waals surface area contributed by atoms with Crippen molar-refractivity contribution in [3.8, 4) is 23.3 Å². The maximum absolute atomic E-state index is 9.46. The first-order chi connectivity index (χ1) is 9.79. The average molecular weight is 258 g/mol. The van der Waals surface area contributed by atoms with E-state index in [1.54, 1.807) is 0 Å². The van der Waals surface area contributed by atoms with E-state index in [9.17, 15) is 10.5 Å². The molecule has 2 heteroatoms. The van der Waals surface area contributed by atoms with Gasteiger partial charge in [0.05, 0.1) is 17.6 Å². The maximum atomic E-state index is 9.46. The Bertz CT molecular complexity index is 687. The van der Waals surface area contributed by atoms with Crippen molar-refractivity contribution in [1.82, 2.24) is 0 Å². The van der Waals surface area contributed by atoms with Crippen LogP contribution in [0.25, 0.3) is 11.1 Å². The fraction of sp³-hybridized carbons (Fsp3) is 0.222. The lowest BCUT2D eigenvalue weighted by atomic mass is 9.67. The standard InChI is InChI=1S/C18H14N2/c1-2-18(13(11-19)12-20)16-9-5-3-7-14(16)15-8-4-6-10-17(15)18/h3-10,13H,2H2,1H3. The lowest BCUT2D eigenvalue weighted by Crippen LogP contribution is -2.32. The Morgan fingerprint density at radius 2 is 1.35 bits per heavy atom. The van der Waals surface area contributed by atoms with E-state index in [-0.39, 0.29) is 0 Å². The molecule has 0 fully saturated rings. The van der Waals surface area contributed by atoms with Crippen LogP contribution in [-0.2, 0) is 5.41 Å². The third-order valence-electron chi connectivity index (χ3n) is 4.41. The first-order valence-electron chi connectivity index (χ1n) is 6.78. The quantitative estimate of drug-likeness (QED) is 0.816. The van der Waals surface area contributed by atoms with Crippen molar-refractivity contribution in [1.29, 1.82) is 10.5 Å². The highest BCUT2D eigenvalue weighted by Crippen LogP contribution is 2.54.